The van der Waals surface area contributed by atoms with Gasteiger partial charge < -0.3 is 10.2 Å². The van der Waals surface area contributed by atoms with E-state index in [1.54, 1.807) is 13.3 Å². The van der Waals surface area contributed by atoms with Gasteiger partial charge in [-0.1, -0.05) is 42.5 Å². The average molecular weight is 240 g/mol. The van der Waals surface area contributed by atoms with E-state index in [0.717, 1.165) is 16.9 Å². The number of nitrogens with zero attached hydrogens (tertiary/aromatic N) is 1. The average Bonchev–Trinajstić information content (AvgIpc) is 2.45. The Hall–Kier alpha value is -2.29. The van der Waals surface area contributed by atoms with Crippen molar-refractivity contribution in [3.05, 3.63) is 65.7 Å². The summed E-state index contributed by atoms with van der Waals surface area (Å²) < 4.78 is 5.80. The van der Waals surface area contributed by atoms with Crippen molar-refractivity contribution in [1.29, 1.82) is 0 Å². The van der Waals surface area contributed by atoms with Crippen molar-refractivity contribution in [3.63, 3.8) is 0 Å². The minimum Gasteiger partial charge on any atom is -0.488 e. The smallest absolute Gasteiger partial charge is 0.128 e. The number of hydrazone groups is 1. The molecule has 0 unspecified atom stereocenters. The van der Waals surface area contributed by atoms with Crippen molar-refractivity contribution < 1.29 is 4.74 Å². The van der Waals surface area contributed by atoms with E-state index >= 15 is 0 Å². The maximum atomic E-state index is 5.80. The molecule has 1 N–H and O–H groups in total. The first-order valence-electron chi connectivity index (χ1n) is 5.85. The molecule has 92 valence electrons. The number of rotatable bonds is 5. The maximum Gasteiger partial charge on any atom is 0.128 e. The molecule has 18 heavy (non-hydrogen) atoms. The molecule has 2 aromatic rings. The van der Waals surface area contributed by atoms with Crippen LogP contribution < -0.4 is 10.2 Å². The van der Waals surface area contributed by atoms with Crippen LogP contribution in [0.25, 0.3) is 0 Å². The zero-order valence-corrected chi connectivity index (χ0v) is 10.3. The Kier molecular flexibility index (Phi) is 4.36. The van der Waals surface area contributed by atoms with Gasteiger partial charge in [-0.15, -0.1) is 0 Å². The molecule has 0 aliphatic carbocycles. The van der Waals surface area contributed by atoms with Gasteiger partial charge in [0, 0.05) is 12.6 Å². The number of ether oxygens (including phenoxy) is 1. The third kappa shape index (κ3) is 3.35. The lowest BCUT2D eigenvalue weighted by atomic mass is 10.2. The predicted octanol–water partition coefficient (Wildman–Crippen LogP) is 2.82. The van der Waals surface area contributed by atoms with Crippen molar-refractivity contribution in [2.24, 2.45) is 5.10 Å². The first-order valence-corrected chi connectivity index (χ1v) is 5.85. The Labute approximate surface area is 107 Å². The van der Waals surface area contributed by atoms with E-state index in [1.807, 2.05) is 54.6 Å². The highest BCUT2D eigenvalue weighted by molar-refractivity contribution is 5.83. The molecule has 3 nitrogen and oxygen atoms in total. The monoisotopic (exact) mass is 240 g/mol. The van der Waals surface area contributed by atoms with E-state index in [0.29, 0.717) is 6.61 Å². The molecule has 2 rings (SSSR count). The second-order valence-corrected chi connectivity index (χ2v) is 3.79. The molecule has 2 aromatic carbocycles. The Bertz CT molecular complexity index is 509. The van der Waals surface area contributed by atoms with Gasteiger partial charge in [-0.2, -0.15) is 5.10 Å². The first kappa shape index (κ1) is 12.2. The summed E-state index contributed by atoms with van der Waals surface area (Å²) in [4.78, 5) is 0. The molecule has 0 aromatic heterocycles. The lowest BCUT2D eigenvalue weighted by molar-refractivity contribution is 0.306. The number of benzene rings is 2. The van der Waals surface area contributed by atoms with Crippen LogP contribution in [0.3, 0.4) is 0 Å². The Morgan fingerprint density at radius 3 is 2.56 bits per heavy atom. The highest BCUT2D eigenvalue weighted by Crippen LogP contribution is 2.17. The molecule has 3 heteroatoms. The van der Waals surface area contributed by atoms with Crippen LogP contribution in [-0.2, 0) is 6.61 Å². The van der Waals surface area contributed by atoms with Gasteiger partial charge in [-0.3, -0.25) is 0 Å². The fraction of sp³-hybridized carbons (Fsp3) is 0.133. The second kappa shape index (κ2) is 6.45. The molecule has 0 radical (unpaired) electrons. The van der Waals surface area contributed by atoms with Crippen LogP contribution in [0.4, 0.5) is 0 Å². The summed E-state index contributed by atoms with van der Waals surface area (Å²) in [5, 5.41) is 4.00. The molecule has 0 heterocycles. The summed E-state index contributed by atoms with van der Waals surface area (Å²) in [5.74, 6) is 0.834. The van der Waals surface area contributed by atoms with E-state index < -0.39 is 0 Å². The maximum absolute atomic E-state index is 5.80. The van der Waals surface area contributed by atoms with Gasteiger partial charge in [0.05, 0.1) is 6.21 Å². The van der Waals surface area contributed by atoms with Gasteiger partial charge >= 0.3 is 0 Å². The third-order valence-corrected chi connectivity index (χ3v) is 2.49. The molecular weight excluding hydrogens is 224 g/mol. The van der Waals surface area contributed by atoms with E-state index in [2.05, 4.69) is 10.5 Å². The van der Waals surface area contributed by atoms with Crippen LogP contribution in [0.2, 0.25) is 0 Å². The van der Waals surface area contributed by atoms with E-state index in [-0.39, 0.29) is 0 Å². The second-order valence-electron chi connectivity index (χ2n) is 3.79. The topological polar surface area (TPSA) is 33.6 Å². The standard InChI is InChI=1S/C15H16N2O/c1-16-17-11-14-9-5-6-10-15(14)18-12-13-7-3-2-4-8-13/h2-11,16H,12H2,1H3/b17-11+. The van der Waals surface area contributed by atoms with Gasteiger partial charge in [-0.25, -0.2) is 0 Å². The molecule has 0 saturated heterocycles. The molecule has 0 fully saturated rings. The van der Waals surface area contributed by atoms with Gasteiger partial charge in [0.15, 0.2) is 0 Å². The van der Waals surface area contributed by atoms with Gasteiger partial charge in [0.25, 0.3) is 0 Å². The van der Waals surface area contributed by atoms with E-state index in [9.17, 15) is 0 Å². The summed E-state index contributed by atoms with van der Waals surface area (Å²) in [6.45, 7) is 0.561. The molecular formula is C15H16N2O. The first-order chi connectivity index (χ1) is 8.90. The Morgan fingerprint density at radius 1 is 1.06 bits per heavy atom. The summed E-state index contributed by atoms with van der Waals surface area (Å²) >= 11 is 0. The highest BCUT2D eigenvalue weighted by atomic mass is 16.5. The minimum absolute atomic E-state index is 0.561. The van der Waals surface area contributed by atoms with Crippen LogP contribution >= 0.6 is 0 Å². The van der Waals surface area contributed by atoms with Gasteiger partial charge in [0.2, 0.25) is 0 Å². The zero-order chi connectivity index (χ0) is 12.6. The van der Waals surface area contributed by atoms with Crippen molar-refractivity contribution in [1.82, 2.24) is 5.43 Å². The summed E-state index contributed by atoms with van der Waals surface area (Å²) in [7, 11) is 1.77. The Balaban J connectivity index is 2.07. The third-order valence-electron chi connectivity index (χ3n) is 2.49. The molecule has 0 spiro atoms. The predicted molar refractivity (Wildman–Crippen MR) is 73.9 cm³/mol. The Morgan fingerprint density at radius 2 is 1.78 bits per heavy atom. The molecule has 0 aliphatic heterocycles. The van der Waals surface area contributed by atoms with Crippen LogP contribution in [0.15, 0.2) is 59.7 Å². The lowest BCUT2D eigenvalue weighted by Crippen LogP contribution is -2.00. The highest BCUT2D eigenvalue weighted by Gasteiger charge is 2.00. The van der Waals surface area contributed by atoms with Crippen molar-refractivity contribution >= 4 is 6.21 Å². The number of nitrogens with one attached hydrogen (secondary N) is 1. The summed E-state index contributed by atoms with van der Waals surface area (Å²) in [5.41, 5.74) is 4.84. The number of hydrogen-bond donors (Lipinski definition) is 1. The summed E-state index contributed by atoms with van der Waals surface area (Å²) in [6.07, 6.45) is 1.75. The molecule has 0 aliphatic rings. The van der Waals surface area contributed by atoms with Crippen molar-refractivity contribution in [2.75, 3.05) is 7.05 Å². The lowest BCUT2D eigenvalue weighted by Gasteiger charge is -2.08. The van der Waals surface area contributed by atoms with E-state index in [4.69, 9.17) is 4.74 Å². The fourth-order valence-electron chi connectivity index (χ4n) is 1.59. The van der Waals surface area contributed by atoms with Crippen molar-refractivity contribution in [3.8, 4) is 5.75 Å². The summed E-state index contributed by atoms with van der Waals surface area (Å²) in [6, 6.07) is 17.9. The largest absolute Gasteiger partial charge is 0.488 e. The minimum atomic E-state index is 0.561. The normalized spacial score (nSPS) is 10.5. The molecule has 0 bridgehead atoms. The number of hydrogen-bond acceptors (Lipinski definition) is 3. The van der Waals surface area contributed by atoms with Crippen molar-refractivity contribution in [2.45, 2.75) is 6.61 Å². The van der Waals surface area contributed by atoms with Crippen LogP contribution in [0, 0.1) is 0 Å². The van der Waals surface area contributed by atoms with Crippen LogP contribution in [0.5, 0.6) is 5.75 Å². The van der Waals surface area contributed by atoms with Crippen LogP contribution in [-0.4, -0.2) is 13.3 Å². The quantitative estimate of drug-likeness (QED) is 0.644. The van der Waals surface area contributed by atoms with Gasteiger partial charge in [0.1, 0.15) is 12.4 Å². The zero-order valence-electron chi connectivity index (χ0n) is 10.3. The number of para-hydroxylation sites is 1. The molecule has 0 amide bonds. The SMILES string of the molecule is CN/N=C/c1ccccc1OCc1ccccc1. The van der Waals surface area contributed by atoms with Crippen LogP contribution in [0.1, 0.15) is 11.1 Å². The fourth-order valence-corrected chi connectivity index (χ4v) is 1.59. The molecule has 0 atom stereocenters. The molecule has 0 saturated carbocycles. The van der Waals surface area contributed by atoms with E-state index in [1.165, 1.54) is 0 Å². The van der Waals surface area contributed by atoms with Gasteiger partial charge in [-0.05, 0) is 17.7 Å².